The summed E-state index contributed by atoms with van der Waals surface area (Å²) in [5.74, 6) is 1.79. The van der Waals surface area contributed by atoms with Gasteiger partial charge in [0, 0.05) is 17.1 Å². The van der Waals surface area contributed by atoms with Crippen LogP contribution in [0.15, 0.2) is 34.9 Å². The van der Waals surface area contributed by atoms with Crippen molar-refractivity contribution in [1.82, 2.24) is 9.88 Å². The molecular formula is C16H19ClN2O2. The molecule has 4 nitrogen and oxygen atoms in total. The third kappa shape index (κ3) is 3.46. The molecule has 21 heavy (non-hydrogen) atoms. The molecule has 0 amide bonds. The average Bonchev–Trinajstić information content (AvgIpc) is 3.08. The number of oxazole rings is 1. The Bertz CT molecular complexity index is 612. The Balaban J connectivity index is 1.66. The van der Waals surface area contributed by atoms with Crippen LogP contribution in [0.4, 0.5) is 0 Å². The molecule has 1 N–H and O–H groups in total. The summed E-state index contributed by atoms with van der Waals surface area (Å²) in [6.45, 7) is 4.41. The number of nitrogens with zero attached hydrogens (tertiary/aromatic N) is 2. The minimum absolute atomic E-state index is 0.249. The molecule has 1 fully saturated rings. The highest BCUT2D eigenvalue weighted by atomic mass is 35.5. The largest absolute Gasteiger partial charge is 0.439 e. The van der Waals surface area contributed by atoms with Crippen LogP contribution in [-0.2, 0) is 6.54 Å². The first-order chi connectivity index (χ1) is 10.1. The molecule has 5 heteroatoms. The van der Waals surface area contributed by atoms with Crippen molar-refractivity contribution in [2.75, 3.05) is 13.1 Å². The summed E-state index contributed by atoms with van der Waals surface area (Å²) in [6, 6.07) is 7.55. The van der Waals surface area contributed by atoms with Crippen LogP contribution in [0, 0.1) is 5.92 Å². The van der Waals surface area contributed by atoms with E-state index in [0.29, 0.717) is 23.4 Å². The van der Waals surface area contributed by atoms with E-state index in [1.807, 2.05) is 31.2 Å². The third-order valence-corrected chi connectivity index (χ3v) is 4.25. The van der Waals surface area contributed by atoms with E-state index in [4.69, 9.17) is 16.0 Å². The first-order valence-electron chi connectivity index (χ1n) is 7.23. The summed E-state index contributed by atoms with van der Waals surface area (Å²) in [6.07, 6.45) is 2.52. The van der Waals surface area contributed by atoms with E-state index in [-0.39, 0.29) is 6.10 Å². The predicted octanol–water partition coefficient (Wildman–Crippen LogP) is 3.20. The van der Waals surface area contributed by atoms with E-state index < -0.39 is 0 Å². The summed E-state index contributed by atoms with van der Waals surface area (Å²) < 4.78 is 5.81. The molecule has 0 spiro atoms. The second-order valence-corrected chi connectivity index (χ2v) is 6.09. The maximum Gasteiger partial charge on any atom is 0.209 e. The smallest absolute Gasteiger partial charge is 0.209 e. The Hall–Kier alpha value is -1.36. The molecule has 2 heterocycles. The summed E-state index contributed by atoms with van der Waals surface area (Å²) in [5.41, 5.74) is 0.935. The lowest BCUT2D eigenvalue weighted by molar-refractivity contribution is 0.126. The fourth-order valence-electron chi connectivity index (χ4n) is 2.75. The maximum atomic E-state index is 9.64. The summed E-state index contributed by atoms with van der Waals surface area (Å²) >= 11 is 5.99. The minimum Gasteiger partial charge on any atom is -0.439 e. The van der Waals surface area contributed by atoms with Crippen LogP contribution in [0.1, 0.15) is 19.2 Å². The van der Waals surface area contributed by atoms with E-state index in [9.17, 15) is 5.11 Å². The van der Waals surface area contributed by atoms with Gasteiger partial charge in [-0.2, -0.15) is 0 Å². The van der Waals surface area contributed by atoms with Crippen molar-refractivity contribution in [2.45, 2.75) is 26.0 Å². The molecule has 2 aromatic rings. The van der Waals surface area contributed by atoms with Crippen LogP contribution >= 0.6 is 11.6 Å². The molecule has 2 atom stereocenters. The number of aliphatic hydroxyl groups excluding tert-OH is 1. The van der Waals surface area contributed by atoms with Gasteiger partial charge in [-0.25, -0.2) is 4.98 Å². The van der Waals surface area contributed by atoms with Gasteiger partial charge in [-0.15, -0.1) is 0 Å². The number of halogens is 1. The second-order valence-electron chi connectivity index (χ2n) is 5.65. The SMILES string of the molecule is CC(O)C1CCN(Cc2ncc(-c3cccc(Cl)c3)o2)C1. The number of rotatable bonds is 4. The zero-order chi connectivity index (χ0) is 14.8. The highest BCUT2D eigenvalue weighted by Crippen LogP contribution is 2.25. The molecule has 2 unspecified atom stereocenters. The predicted molar refractivity (Wildman–Crippen MR) is 82.0 cm³/mol. The molecule has 0 radical (unpaired) electrons. The number of benzene rings is 1. The van der Waals surface area contributed by atoms with Crippen LogP contribution < -0.4 is 0 Å². The molecule has 0 saturated carbocycles. The van der Waals surface area contributed by atoms with E-state index in [0.717, 1.165) is 30.8 Å². The highest BCUT2D eigenvalue weighted by Gasteiger charge is 2.26. The fourth-order valence-corrected chi connectivity index (χ4v) is 2.94. The molecule has 1 aromatic carbocycles. The zero-order valence-corrected chi connectivity index (χ0v) is 12.8. The van der Waals surface area contributed by atoms with Crippen molar-refractivity contribution in [3.05, 3.63) is 41.4 Å². The lowest BCUT2D eigenvalue weighted by Crippen LogP contribution is -2.24. The van der Waals surface area contributed by atoms with Gasteiger partial charge < -0.3 is 9.52 Å². The summed E-state index contributed by atoms with van der Waals surface area (Å²) in [7, 11) is 0. The normalized spacial score (nSPS) is 20.8. The van der Waals surface area contributed by atoms with E-state index >= 15 is 0 Å². The third-order valence-electron chi connectivity index (χ3n) is 4.01. The number of likely N-dealkylation sites (tertiary alicyclic amines) is 1. The fraction of sp³-hybridized carbons (Fsp3) is 0.438. The van der Waals surface area contributed by atoms with Crippen LogP contribution in [0.5, 0.6) is 0 Å². The zero-order valence-electron chi connectivity index (χ0n) is 12.0. The van der Waals surface area contributed by atoms with Gasteiger partial charge in [0.25, 0.3) is 0 Å². The Morgan fingerprint density at radius 1 is 1.52 bits per heavy atom. The number of hydrogen-bond donors (Lipinski definition) is 1. The Morgan fingerprint density at radius 3 is 3.10 bits per heavy atom. The van der Waals surface area contributed by atoms with E-state index in [1.165, 1.54) is 0 Å². The van der Waals surface area contributed by atoms with Crippen LogP contribution in [0.25, 0.3) is 11.3 Å². The molecule has 1 aromatic heterocycles. The van der Waals surface area contributed by atoms with Crippen molar-refractivity contribution in [3.63, 3.8) is 0 Å². The van der Waals surface area contributed by atoms with Crippen LogP contribution in [0.2, 0.25) is 5.02 Å². The first kappa shape index (κ1) is 14.6. The van der Waals surface area contributed by atoms with Gasteiger partial charge in [0.15, 0.2) is 5.76 Å². The van der Waals surface area contributed by atoms with Crippen molar-refractivity contribution in [1.29, 1.82) is 0 Å². The van der Waals surface area contributed by atoms with Gasteiger partial charge in [-0.05, 0) is 37.9 Å². The Kier molecular flexibility index (Phi) is 4.29. The van der Waals surface area contributed by atoms with Gasteiger partial charge in [0.2, 0.25) is 5.89 Å². The van der Waals surface area contributed by atoms with Gasteiger partial charge in [-0.1, -0.05) is 23.7 Å². The molecule has 1 saturated heterocycles. The summed E-state index contributed by atoms with van der Waals surface area (Å²) in [4.78, 5) is 6.61. The summed E-state index contributed by atoms with van der Waals surface area (Å²) in [5, 5.41) is 10.3. The Labute approximate surface area is 129 Å². The van der Waals surface area contributed by atoms with Gasteiger partial charge >= 0.3 is 0 Å². The highest BCUT2D eigenvalue weighted by molar-refractivity contribution is 6.30. The van der Waals surface area contributed by atoms with Gasteiger partial charge in [0.1, 0.15) is 0 Å². The minimum atomic E-state index is -0.249. The first-order valence-corrected chi connectivity index (χ1v) is 7.60. The number of hydrogen-bond acceptors (Lipinski definition) is 4. The van der Waals surface area contributed by atoms with Gasteiger partial charge in [-0.3, -0.25) is 4.90 Å². The molecule has 0 aliphatic carbocycles. The van der Waals surface area contributed by atoms with Crippen molar-refractivity contribution >= 4 is 11.6 Å². The number of aromatic nitrogens is 1. The number of aliphatic hydroxyl groups is 1. The molecule has 112 valence electrons. The van der Waals surface area contributed by atoms with Crippen molar-refractivity contribution < 1.29 is 9.52 Å². The molecular weight excluding hydrogens is 288 g/mol. The molecule has 1 aliphatic heterocycles. The second kappa shape index (κ2) is 6.18. The van der Waals surface area contributed by atoms with E-state index in [2.05, 4.69) is 9.88 Å². The topological polar surface area (TPSA) is 49.5 Å². The molecule has 1 aliphatic rings. The molecule has 3 rings (SSSR count). The van der Waals surface area contributed by atoms with E-state index in [1.54, 1.807) is 6.20 Å². The van der Waals surface area contributed by atoms with Crippen LogP contribution in [0.3, 0.4) is 0 Å². The van der Waals surface area contributed by atoms with Crippen molar-refractivity contribution in [3.8, 4) is 11.3 Å². The monoisotopic (exact) mass is 306 g/mol. The average molecular weight is 307 g/mol. The van der Waals surface area contributed by atoms with Gasteiger partial charge in [0.05, 0.1) is 18.8 Å². The lowest BCUT2D eigenvalue weighted by Gasteiger charge is -2.15. The molecule has 0 bridgehead atoms. The Morgan fingerprint density at radius 2 is 2.38 bits per heavy atom. The quantitative estimate of drug-likeness (QED) is 0.942. The standard InChI is InChI=1S/C16H19ClN2O2/c1-11(20)13-5-6-19(9-13)10-16-18-8-15(21-16)12-3-2-4-14(17)7-12/h2-4,7-8,11,13,20H,5-6,9-10H2,1H3. The van der Waals surface area contributed by atoms with Crippen LogP contribution in [-0.4, -0.2) is 34.2 Å². The maximum absolute atomic E-state index is 9.64. The lowest BCUT2D eigenvalue weighted by atomic mass is 10.0. The van der Waals surface area contributed by atoms with Crippen molar-refractivity contribution in [2.24, 2.45) is 5.92 Å².